The van der Waals surface area contributed by atoms with Crippen LogP contribution in [0.2, 0.25) is 0 Å². The summed E-state index contributed by atoms with van der Waals surface area (Å²) in [6.07, 6.45) is -4.72. The fraction of sp³-hybridized carbons (Fsp3) is 0.400. The lowest BCUT2D eigenvalue weighted by Crippen LogP contribution is -2.19. The van der Waals surface area contributed by atoms with E-state index in [-0.39, 0.29) is 24.4 Å². The highest BCUT2D eigenvalue weighted by molar-refractivity contribution is 7.92. The van der Waals surface area contributed by atoms with Crippen LogP contribution in [-0.4, -0.2) is 20.7 Å². The Morgan fingerprint density at radius 3 is 2.42 bits per heavy atom. The molecule has 0 spiro atoms. The van der Waals surface area contributed by atoms with E-state index in [0.29, 0.717) is 12.1 Å². The van der Waals surface area contributed by atoms with Gasteiger partial charge in [0.1, 0.15) is 5.82 Å². The van der Waals surface area contributed by atoms with E-state index in [0.717, 1.165) is 6.07 Å². The van der Waals surface area contributed by atoms with Gasteiger partial charge in [0, 0.05) is 5.69 Å². The summed E-state index contributed by atoms with van der Waals surface area (Å²) in [5, 5.41) is 0. The third-order valence-corrected chi connectivity index (χ3v) is 3.54. The molecule has 0 saturated carbocycles. The molecule has 0 aliphatic rings. The highest BCUT2D eigenvalue weighted by Gasteiger charge is 2.34. The van der Waals surface area contributed by atoms with Crippen LogP contribution in [0.3, 0.4) is 0 Å². The third-order valence-electron chi connectivity index (χ3n) is 2.16. The van der Waals surface area contributed by atoms with Gasteiger partial charge < -0.3 is 5.73 Å². The zero-order chi connectivity index (χ0) is 14.7. The number of anilines is 1. The van der Waals surface area contributed by atoms with Gasteiger partial charge in [-0.05, 0) is 31.2 Å². The summed E-state index contributed by atoms with van der Waals surface area (Å²) < 4.78 is 75.1. The summed E-state index contributed by atoms with van der Waals surface area (Å²) in [7, 11) is -3.79. The molecular weight excluding hydrogens is 288 g/mol. The van der Waals surface area contributed by atoms with Crippen molar-refractivity contribution in [1.29, 1.82) is 0 Å². The molecular formula is C10H12F4N2O2S. The Morgan fingerprint density at radius 2 is 1.89 bits per heavy atom. The molecule has 0 aromatic heterocycles. The number of nitrogens with one attached hydrogen (secondary N) is 1. The second kappa shape index (κ2) is 5.74. The van der Waals surface area contributed by atoms with Crippen molar-refractivity contribution in [3.05, 3.63) is 29.6 Å². The van der Waals surface area contributed by atoms with E-state index < -0.39 is 27.6 Å². The fourth-order valence-corrected chi connectivity index (χ4v) is 2.44. The summed E-state index contributed by atoms with van der Waals surface area (Å²) in [6.45, 7) is 0.137. The van der Waals surface area contributed by atoms with Gasteiger partial charge in [-0.1, -0.05) is 0 Å². The van der Waals surface area contributed by atoms with Gasteiger partial charge in [0.25, 0.3) is 0 Å². The molecule has 0 unspecified atom stereocenters. The van der Waals surface area contributed by atoms with Gasteiger partial charge in [0.15, 0.2) is 0 Å². The van der Waals surface area contributed by atoms with E-state index in [4.69, 9.17) is 5.73 Å². The number of halogens is 4. The van der Waals surface area contributed by atoms with E-state index in [1.807, 2.05) is 4.72 Å². The summed E-state index contributed by atoms with van der Waals surface area (Å²) in [6, 6.07) is 1.89. The third kappa shape index (κ3) is 4.67. The lowest BCUT2D eigenvalue weighted by molar-refractivity contribution is -0.139. The second-order valence-electron chi connectivity index (χ2n) is 3.76. The van der Waals surface area contributed by atoms with Crippen LogP contribution in [-0.2, 0) is 16.2 Å². The minimum atomic E-state index is -4.89. The molecule has 19 heavy (non-hydrogen) atoms. The Balaban J connectivity index is 2.98. The van der Waals surface area contributed by atoms with Crippen LogP contribution >= 0.6 is 0 Å². The normalized spacial score (nSPS) is 12.5. The number of alkyl halides is 3. The number of sulfonamides is 1. The van der Waals surface area contributed by atoms with Gasteiger partial charge in [-0.15, -0.1) is 0 Å². The van der Waals surface area contributed by atoms with Crippen molar-refractivity contribution in [3.63, 3.8) is 0 Å². The van der Waals surface area contributed by atoms with Crippen molar-refractivity contribution in [2.24, 2.45) is 5.73 Å². The predicted molar refractivity (Wildman–Crippen MR) is 62.5 cm³/mol. The Kier molecular flexibility index (Phi) is 4.75. The summed E-state index contributed by atoms with van der Waals surface area (Å²) in [5.74, 6) is -1.78. The fourth-order valence-electron chi connectivity index (χ4n) is 1.31. The van der Waals surface area contributed by atoms with Crippen molar-refractivity contribution in [1.82, 2.24) is 0 Å². The summed E-state index contributed by atoms with van der Waals surface area (Å²) in [4.78, 5) is 0. The lowest BCUT2D eigenvalue weighted by atomic mass is 10.2. The van der Waals surface area contributed by atoms with Crippen LogP contribution in [0.1, 0.15) is 12.0 Å². The molecule has 108 valence electrons. The molecule has 0 fully saturated rings. The standard InChI is InChI=1S/C10H12F4N2O2S/c11-9-3-2-7(6-8(9)10(12,13)14)16-19(17,18)5-1-4-15/h2-3,6,16H,1,4-5,15H2. The van der Waals surface area contributed by atoms with Gasteiger partial charge in [-0.3, -0.25) is 4.72 Å². The SMILES string of the molecule is NCCCS(=O)(=O)Nc1ccc(F)c(C(F)(F)F)c1. The molecule has 0 radical (unpaired) electrons. The van der Waals surface area contributed by atoms with Crippen LogP contribution < -0.4 is 10.5 Å². The van der Waals surface area contributed by atoms with E-state index in [9.17, 15) is 26.0 Å². The highest BCUT2D eigenvalue weighted by Crippen LogP contribution is 2.33. The van der Waals surface area contributed by atoms with Crippen molar-refractivity contribution in [3.8, 4) is 0 Å². The van der Waals surface area contributed by atoms with Crippen LogP contribution in [0.25, 0.3) is 0 Å². The molecule has 0 bridgehead atoms. The van der Waals surface area contributed by atoms with Crippen LogP contribution in [0.4, 0.5) is 23.2 Å². The molecule has 1 aromatic carbocycles. The van der Waals surface area contributed by atoms with Crippen molar-refractivity contribution < 1.29 is 26.0 Å². The predicted octanol–water partition coefficient (Wildman–Crippen LogP) is 1.93. The zero-order valence-electron chi connectivity index (χ0n) is 9.67. The minimum Gasteiger partial charge on any atom is -0.330 e. The first-order valence-electron chi connectivity index (χ1n) is 5.23. The van der Waals surface area contributed by atoms with E-state index in [1.54, 1.807) is 0 Å². The first-order chi connectivity index (χ1) is 8.65. The number of rotatable bonds is 5. The van der Waals surface area contributed by atoms with Crippen LogP contribution in [0.5, 0.6) is 0 Å². The molecule has 4 nitrogen and oxygen atoms in total. The largest absolute Gasteiger partial charge is 0.419 e. The number of nitrogens with two attached hydrogens (primary N) is 1. The first kappa shape index (κ1) is 15.7. The van der Waals surface area contributed by atoms with Crippen molar-refractivity contribution >= 4 is 15.7 Å². The van der Waals surface area contributed by atoms with Crippen LogP contribution in [0.15, 0.2) is 18.2 Å². The van der Waals surface area contributed by atoms with E-state index in [1.165, 1.54) is 0 Å². The van der Waals surface area contributed by atoms with E-state index in [2.05, 4.69) is 0 Å². The van der Waals surface area contributed by atoms with Crippen LogP contribution in [0, 0.1) is 5.82 Å². The molecule has 0 aliphatic heterocycles. The molecule has 1 rings (SSSR count). The smallest absolute Gasteiger partial charge is 0.330 e. The summed E-state index contributed by atoms with van der Waals surface area (Å²) >= 11 is 0. The first-order valence-corrected chi connectivity index (χ1v) is 6.88. The van der Waals surface area contributed by atoms with Gasteiger partial charge >= 0.3 is 6.18 Å². The number of hydrogen-bond donors (Lipinski definition) is 2. The molecule has 0 atom stereocenters. The molecule has 0 heterocycles. The highest BCUT2D eigenvalue weighted by atomic mass is 32.2. The average molecular weight is 300 g/mol. The molecule has 0 aliphatic carbocycles. The monoisotopic (exact) mass is 300 g/mol. The maximum Gasteiger partial charge on any atom is 0.419 e. The Bertz CT molecular complexity index is 543. The average Bonchev–Trinajstić information content (AvgIpc) is 2.27. The molecule has 9 heteroatoms. The Labute approximate surface area is 107 Å². The summed E-state index contributed by atoms with van der Waals surface area (Å²) in [5.41, 5.74) is 3.28. The maximum absolute atomic E-state index is 13.0. The van der Waals surface area contributed by atoms with Gasteiger partial charge in [-0.25, -0.2) is 12.8 Å². The minimum absolute atomic E-state index is 0.137. The van der Waals surface area contributed by atoms with Gasteiger partial charge in [-0.2, -0.15) is 13.2 Å². The Hall–Kier alpha value is -1.35. The quantitative estimate of drug-likeness (QED) is 0.816. The van der Waals surface area contributed by atoms with Crippen molar-refractivity contribution in [2.45, 2.75) is 12.6 Å². The molecule has 1 aromatic rings. The second-order valence-corrected chi connectivity index (χ2v) is 5.60. The molecule has 0 saturated heterocycles. The van der Waals surface area contributed by atoms with Gasteiger partial charge in [0.2, 0.25) is 10.0 Å². The molecule has 0 amide bonds. The Morgan fingerprint density at radius 1 is 1.26 bits per heavy atom. The zero-order valence-corrected chi connectivity index (χ0v) is 10.5. The number of hydrogen-bond acceptors (Lipinski definition) is 3. The molecule has 3 N–H and O–H groups in total. The lowest BCUT2D eigenvalue weighted by Gasteiger charge is -2.12. The topological polar surface area (TPSA) is 72.2 Å². The van der Waals surface area contributed by atoms with Crippen molar-refractivity contribution in [2.75, 3.05) is 17.0 Å². The van der Waals surface area contributed by atoms with E-state index >= 15 is 0 Å². The van der Waals surface area contributed by atoms with Gasteiger partial charge in [0.05, 0.1) is 11.3 Å². The number of benzene rings is 1. The maximum atomic E-state index is 13.0.